The molecule has 4 nitrogen and oxygen atoms in total. The van der Waals surface area contributed by atoms with Crippen molar-refractivity contribution in [3.63, 3.8) is 0 Å². The summed E-state index contributed by atoms with van der Waals surface area (Å²) in [5, 5.41) is 0. The fourth-order valence-corrected chi connectivity index (χ4v) is 3.97. The first-order valence-corrected chi connectivity index (χ1v) is 9.81. The van der Waals surface area contributed by atoms with Crippen molar-refractivity contribution in [2.45, 2.75) is 38.7 Å². The Balaban J connectivity index is 1.40. The van der Waals surface area contributed by atoms with Gasteiger partial charge in [-0.2, -0.15) is 0 Å². The number of hydrogen-bond donors (Lipinski definition) is 0. The van der Waals surface area contributed by atoms with E-state index in [1.807, 2.05) is 67.3 Å². The first-order valence-electron chi connectivity index (χ1n) is 9.81. The molecule has 0 radical (unpaired) electrons. The molecule has 2 aliphatic rings. The minimum Gasteiger partial charge on any atom is -0.486 e. The number of piperidine rings is 1. The smallest absolute Gasteiger partial charge is 0.246 e. The molecule has 2 aromatic rings. The van der Waals surface area contributed by atoms with Crippen LogP contribution in [-0.2, 0) is 4.79 Å². The number of aryl methyl sites for hydroxylation is 2. The SMILES string of the molecule is Cc1ccc(/C=C/C(=O)N2CCC3(CC2)CC(=O)c2cc(C)ccc2O3)cc1. The molecule has 1 saturated heterocycles. The number of carbonyl (C=O) groups is 2. The number of hydrogen-bond acceptors (Lipinski definition) is 3. The van der Waals surface area contributed by atoms with E-state index in [1.165, 1.54) is 5.56 Å². The molecule has 28 heavy (non-hydrogen) atoms. The molecular weight excluding hydrogens is 350 g/mol. The largest absolute Gasteiger partial charge is 0.486 e. The molecule has 1 amide bonds. The topological polar surface area (TPSA) is 46.6 Å². The zero-order valence-corrected chi connectivity index (χ0v) is 16.4. The Bertz CT molecular complexity index is 935. The van der Waals surface area contributed by atoms with Crippen LogP contribution in [0.1, 0.15) is 46.3 Å². The fourth-order valence-electron chi connectivity index (χ4n) is 3.97. The second-order valence-corrected chi connectivity index (χ2v) is 7.95. The highest BCUT2D eigenvalue weighted by Gasteiger charge is 2.43. The van der Waals surface area contributed by atoms with Crippen molar-refractivity contribution in [2.24, 2.45) is 0 Å². The van der Waals surface area contributed by atoms with E-state index in [4.69, 9.17) is 4.74 Å². The van der Waals surface area contributed by atoms with Crippen LogP contribution < -0.4 is 4.74 Å². The maximum absolute atomic E-state index is 12.6. The van der Waals surface area contributed by atoms with Crippen molar-refractivity contribution < 1.29 is 14.3 Å². The zero-order valence-electron chi connectivity index (χ0n) is 16.4. The molecule has 4 rings (SSSR count). The van der Waals surface area contributed by atoms with E-state index in [0.29, 0.717) is 43.7 Å². The highest BCUT2D eigenvalue weighted by atomic mass is 16.5. The molecule has 1 fully saturated rings. The van der Waals surface area contributed by atoms with Gasteiger partial charge >= 0.3 is 0 Å². The molecule has 4 heteroatoms. The van der Waals surface area contributed by atoms with Gasteiger partial charge in [0.2, 0.25) is 5.91 Å². The van der Waals surface area contributed by atoms with Crippen LogP contribution in [0.2, 0.25) is 0 Å². The number of ether oxygens (including phenoxy) is 1. The monoisotopic (exact) mass is 375 g/mol. The predicted octanol–water partition coefficient (Wildman–Crippen LogP) is 4.34. The molecule has 0 aliphatic carbocycles. The molecule has 0 unspecified atom stereocenters. The first kappa shape index (κ1) is 18.5. The highest BCUT2D eigenvalue weighted by molar-refractivity contribution is 6.00. The minimum atomic E-state index is -0.475. The van der Waals surface area contributed by atoms with Crippen LogP contribution >= 0.6 is 0 Å². The van der Waals surface area contributed by atoms with Gasteiger partial charge in [-0.05, 0) is 37.6 Å². The van der Waals surface area contributed by atoms with Crippen LogP contribution in [0.5, 0.6) is 5.75 Å². The second kappa shape index (κ2) is 7.27. The van der Waals surface area contributed by atoms with Gasteiger partial charge in [-0.1, -0.05) is 41.5 Å². The van der Waals surface area contributed by atoms with Gasteiger partial charge in [0.25, 0.3) is 0 Å². The average molecular weight is 375 g/mol. The maximum atomic E-state index is 12.6. The van der Waals surface area contributed by atoms with E-state index < -0.39 is 5.60 Å². The van der Waals surface area contributed by atoms with E-state index in [2.05, 4.69) is 0 Å². The third-order valence-electron chi connectivity index (χ3n) is 5.73. The Hall–Kier alpha value is -2.88. The fraction of sp³-hybridized carbons (Fsp3) is 0.333. The van der Waals surface area contributed by atoms with Crippen LogP contribution in [0.3, 0.4) is 0 Å². The van der Waals surface area contributed by atoms with Crippen LogP contribution in [0.25, 0.3) is 6.08 Å². The Morgan fingerprint density at radius 2 is 1.71 bits per heavy atom. The summed E-state index contributed by atoms with van der Waals surface area (Å²) in [4.78, 5) is 27.0. The Kier molecular flexibility index (Phi) is 4.80. The van der Waals surface area contributed by atoms with Crippen LogP contribution in [-0.4, -0.2) is 35.3 Å². The lowest BCUT2D eigenvalue weighted by Gasteiger charge is -2.43. The van der Waals surface area contributed by atoms with Crippen molar-refractivity contribution in [3.8, 4) is 5.75 Å². The van der Waals surface area contributed by atoms with Crippen molar-refractivity contribution >= 4 is 17.8 Å². The summed E-state index contributed by atoms with van der Waals surface area (Å²) >= 11 is 0. The van der Waals surface area contributed by atoms with Gasteiger partial charge in [0, 0.05) is 32.0 Å². The average Bonchev–Trinajstić information content (AvgIpc) is 2.69. The third-order valence-corrected chi connectivity index (χ3v) is 5.73. The van der Waals surface area contributed by atoms with Gasteiger partial charge in [-0.15, -0.1) is 0 Å². The highest BCUT2D eigenvalue weighted by Crippen LogP contribution is 2.39. The lowest BCUT2D eigenvalue weighted by Crippen LogP contribution is -2.52. The molecule has 0 N–H and O–H groups in total. The summed E-state index contributed by atoms with van der Waals surface area (Å²) in [6, 6.07) is 13.8. The number of likely N-dealkylation sites (tertiary alicyclic amines) is 1. The summed E-state index contributed by atoms with van der Waals surface area (Å²) in [6.07, 6.45) is 5.23. The Morgan fingerprint density at radius 3 is 2.43 bits per heavy atom. The van der Waals surface area contributed by atoms with Gasteiger partial charge < -0.3 is 9.64 Å². The number of amides is 1. The molecule has 0 bridgehead atoms. The molecule has 144 valence electrons. The number of Topliss-reactive ketones (excluding diaryl/α,β-unsaturated/α-hetero) is 1. The molecular formula is C24H25NO3. The standard InChI is InChI=1S/C24H25NO3/c1-17-3-6-19(7-4-17)8-10-23(27)25-13-11-24(12-14-25)16-21(26)20-15-18(2)5-9-22(20)28-24/h3-10,15H,11-14,16H2,1-2H3/b10-8+. The van der Waals surface area contributed by atoms with Crippen LogP contribution in [0, 0.1) is 13.8 Å². The second-order valence-electron chi connectivity index (χ2n) is 7.95. The summed E-state index contributed by atoms with van der Waals surface area (Å²) in [5.74, 6) is 0.832. The molecule has 0 aromatic heterocycles. The first-order chi connectivity index (χ1) is 13.4. The number of ketones is 1. The molecule has 0 saturated carbocycles. The minimum absolute atomic E-state index is 0.00795. The molecule has 1 spiro atoms. The van der Waals surface area contributed by atoms with Gasteiger partial charge in [0.15, 0.2) is 5.78 Å². The van der Waals surface area contributed by atoms with E-state index in [-0.39, 0.29) is 11.7 Å². The third kappa shape index (κ3) is 3.72. The van der Waals surface area contributed by atoms with Crippen molar-refractivity contribution in [2.75, 3.05) is 13.1 Å². The zero-order chi connectivity index (χ0) is 19.7. The van der Waals surface area contributed by atoms with E-state index in [9.17, 15) is 9.59 Å². The summed E-state index contributed by atoms with van der Waals surface area (Å²) in [5.41, 5.74) is 3.48. The van der Waals surface area contributed by atoms with E-state index >= 15 is 0 Å². The lowest BCUT2D eigenvalue weighted by molar-refractivity contribution is -0.129. The summed E-state index contributed by atoms with van der Waals surface area (Å²) < 4.78 is 6.28. The normalized spacial score (nSPS) is 18.2. The van der Waals surface area contributed by atoms with E-state index in [0.717, 1.165) is 11.1 Å². The number of nitrogens with zero attached hydrogens (tertiary/aromatic N) is 1. The predicted molar refractivity (Wildman–Crippen MR) is 110 cm³/mol. The number of rotatable bonds is 2. The molecule has 2 heterocycles. The van der Waals surface area contributed by atoms with Crippen molar-refractivity contribution in [1.82, 2.24) is 4.90 Å². The summed E-state index contributed by atoms with van der Waals surface area (Å²) in [6.45, 7) is 5.23. The Labute approximate surface area is 165 Å². The van der Waals surface area contributed by atoms with Gasteiger partial charge in [-0.3, -0.25) is 9.59 Å². The summed E-state index contributed by atoms with van der Waals surface area (Å²) in [7, 11) is 0. The number of fused-ring (bicyclic) bond motifs is 1. The molecule has 2 aromatic carbocycles. The molecule has 2 aliphatic heterocycles. The van der Waals surface area contributed by atoms with Crippen molar-refractivity contribution in [1.29, 1.82) is 0 Å². The van der Waals surface area contributed by atoms with Gasteiger partial charge in [0.1, 0.15) is 11.4 Å². The number of carbonyl (C=O) groups excluding carboxylic acids is 2. The van der Waals surface area contributed by atoms with Gasteiger partial charge in [-0.25, -0.2) is 0 Å². The van der Waals surface area contributed by atoms with Gasteiger partial charge in [0.05, 0.1) is 12.0 Å². The Morgan fingerprint density at radius 1 is 1.04 bits per heavy atom. The number of benzene rings is 2. The quantitative estimate of drug-likeness (QED) is 0.734. The molecule has 0 atom stereocenters. The van der Waals surface area contributed by atoms with Crippen LogP contribution in [0.4, 0.5) is 0 Å². The lowest BCUT2D eigenvalue weighted by atomic mass is 9.82. The van der Waals surface area contributed by atoms with Crippen molar-refractivity contribution in [3.05, 3.63) is 70.8 Å². The maximum Gasteiger partial charge on any atom is 0.246 e. The van der Waals surface area contributed by atoms with Crippen LogP contribution in [0.15, 0.2) is 48.5 Å². The van der Waals surface area contributed by atoms with E-state index in [1.54, 1.807) is 6.08 Å².